The minimum Gasteiger partial charge on any atom is -0.485 e. The lowest BCUT2D eigenvalue weighted by molar-refractivity contribution is 0.285. The number of hydrogen-bond acceptors (Lipinski definition) is 4. The average molecular weight is 208 g/mol. The Morgan fingerprint density at radius 1 is 1.33 bits per heavy atom. The third kappa shape index (κ3) is 2.52. The van der Waals surface area contributed by atoms with Crippen LogP contribution in [-0.4, -0.2) is 10.1 Å². The molecule has 0 unspecified atom stereocenters. The van der Waals surface area contributed by atoms with Crippen LogP contribution in [0.3, 0.4) is 0 Å². The molecule has 1 heterocycles. The van der Waals surface area contributed by atoms with Crippen molar-refractivity contribution in [1.82, 2.24) is 10.1 Å². The first kappa shape index (κ1) is 9.64. The number of aryl methyl sites for hydroxylation is 1. The van der Waals surface area contributed by atoms with Gasteiger partial charge in [-0.2, -0.15) is 4.98 Å². The van der Waals surface area contributed by atoms with Gasteiger partial charge in [-0.1, -0.05) is 5.16 Å². The van der Waals surface area contributed by atoms with Gasteiger partial charge >= 0.3 is 0 Å². The van der Waals surface area contributed by atoms with Crippen molar-refractivity contribution < 1.29 is 13.7 Å². The van der Waals surface area contributed by atoms with Crippen molar-refractivity contribution in [3.05, 3.63) is 41.8 Å². The van der Waals surface area contributed by atoms with Crippen molar-refractivity contribution in [3.63, 3.8) is 0 Å². The number of ether oxygens (including phenoxy) is 1. The third-order valence-electron chi connectivity index (χ3n) is 1.75. The van der Waals surface area contributed by atoms with Gasteiger partial charge in [0.15, 0.2) is 6.61 Å². The second kappa shape index (κ2) is 4.08. The summed E-state index contributed by atoms with van der Waals surface area (Å²) in [5, 5.41) is 3.66. The van der Waals surface area contributed by atoms with Crippen LogP contribution in [0.1, 0.15) is 11.7 Å². The van der Waals surface area contributed by atoms with Gasteiger partial charge in [-0.15, -0.1) is 0 Å². The second-order valence-corrected chi connectivity index (χ2v) is 2.97. The lowest BCUT2D eigenvalue weighted by Crippen LogP contribution is -1.97. The molecule has 5 heteroatoms. The molecule has 0 radical (unpaired) electrons. The van der Waals surface area contributed by atoms with Crippen LogP contribution in [0.4, 0.5) is 4.39 Å². The predicted octanol–water partition coefficient (Wildman–Crippen LogP) is 2.10. The normalized spacial score (nSPS) is 10.3. The van der Waals surface area contributed by atoms with Crippen molar-refractivity contribution in [1.29, 1.82) is 0 Å². The van der Waals surface area contributed by atoms with E-state index in [9.17, 15) is 4.39 Å². The monoisotopic (exact) mass is 208 g/mol. The second-order valence-electron chi connectivity index (χ2n) is 2.97. The molecule has 0 spiro atoms. The van der Waals surface area contributed by atoms with Crippen LogP contribution >= 0.6 is 0 Å². The molecular formula is C10H9FN2O2. The Hall–Kier alpha value is -1.91. The summed E-state index contributed by atoms with van der Waals surface area (Å²) < 4.78 is 22.6. The van der Waals surface area contributed by atoms with Crippen molar-refractivity contribution in [2.45, 2.75) is 13.5 Å². The van der Waals surface area contributed by atoms with E-state index < -0.39 is 0 Å². The maximum atomic E-state index is 12.6. The molecular weight excluding hydrogens is 199 g/mol. The Balaban J connectivity index is 1.96. The molecule has 0 aliphatic rings. The highest BCUT2D eigenvalue weighted by atomic mass is 19.1. The molecule has 0 atom stereocenters. The molecule has 2 aromatic rings. The first-order valence-corrected chi connectivity index (χ1v) is 4.41. The lowest BCUT2D eigenvalue weighted by Gasteiger charge is -2.01. The molecule has 78 valence electrons. The van der Waals surface area contributed by atoms with Crippen LogP contribution in [0.5, 0.6) is 5.75 Å². The molecule has 2 rings (SSSR count). The van der Waals surface area contributed by atoms with Crippen molar-refractivity contribution in [2.24, 2.45) is 0 Å². The van der Waals surface area contributed by atoms with E-state index in [0.717, 1.165) is 0 Å². The maximum absolute atomic E-state index is 12.6. The van der Waals surface area contributed by atoms with E-state index in [-0.39, 0.29) is 12.4 Å². The van der Waals surface area contributed by atoms with E-state index in [1.807, 2.05) is 0 Å². The Labute approximate surface area is 85.7 Å². The minimum atomic E-state index is -0.294. The topological polar surface area (TPSA) is 48.2 Å². The first-order valence-electron chi connectivity index (χ1n) is 4.41. The van der Waals surface area contributed by atoms with Crippen LogP contribution in [0.2, 0.25) is 0 Å². The fourth-order valence-electron chi connectivity index (χ4n) is 1.08. The summed E-state index contributed by atoms with van der Waals surface area (Å²) in [4.78, 5) is 3.97. The highest BCUT2D eigenvalue weighted by Gasteiger charge is 2.02. The molecule has 1 aromatic heterocycles. The number of nitrogens with zero attached hydrogens (tertiary/aromatic N) is 2. The number of halogens is 1. The zero-order valence-electron chi connectivity index (χ0n) is 8.11. The average Bonchev–Trinajstić information content (AvgIpc) is 2.64. The zero-order valence-corrected chi connectivity index (χ0v) is 8.11. The maximum Gasteiger partial charge on any atom is 0.223 e. The van der Waals surface area contributed by atoms with Gasteiger partial charge in [-0.25, -0.2) is 4.39 Å². The van der Waals surface area contributed by atoms with E-state index in [2.05, 4.69) is 10.1 Å². The Bertz CT molecular complexity index is 439. The lowest BCUT2D eigenvalue weighted by atomic mass is 10.3. The zero-order chi connectivity index (χ0) is 10.7. The third-order valence-corrected chi connectivity index (χ3v) is 1.75. The predicted molar refractivity (Wildman–Crippen MR) is 49.8 cm³/mol. The fourth-order valence-corrected chi connectivity index (χ4v) is 1.08. The SMILES string of the molecule is Cc1nc(COc2ccc(F)cc2)no1. The molecule has 0 saturated carbocycles. The van der Waals surface area contributed by atoms with Gasteiger partial charge in [0.25, 0.3) is 0 Å². The fraction of sp³-hybridized carbons (Fsp3) is 0.200. The number of rotatable bonds is 3. The van der Waals surface area contributed by atoms with Crippen molar-refractivity contribution >= 4 is 0 Å². The number of hydrogen-bond donors (Lipinski definition) is 0. The molecule has 0 bridgehead atoms. The molecule has 4 nitrogen and oxygen atoms in total. The number of aromatic nitrogens is 2. The van der Waals surface area contributed by atoms with E-state index in [0.29, 0.717) is 17.5 Å². The summed E-state index contributed by atoms with van der Waals surface area (Å²) in [5.41, 5.74) is 0. The van der Waals surface area contributed by atoms with Crippen LogP contribution in [0.15, 0.2) is 28.8 Å². The van der Waals surface area contributed by atoms with Crippen LogP contribution in [-0.2, 0) is 6.61 Å². The van der Waals surface area contributed by atoms with Gasteiger partial charge in [-0.3, -0.25) is 0 Å². The van der Waals surface area contributed by atoms with E-state index in [1.165, 1.54) is 12.1 Å². The molecule has 0 aliphatic heterocycles. The van der Waals surface area contributed by atoms with Gasteiger partial charge in [0.1, 0.15) is 11.6 Å². The summed E-state index contributed by atoms with van der Waals surface area (Å²) in [6.45, 7) is 1.91. The number of benzene rings is 1. The van der Waals surface area contributed by atoms with Gasteiger partial charge in [0.05, 0.1) is 0 Å². The highest BCUT2D eigenvalue weighted by Crippen LogP contribution is 2.12. The van der Waals surface area contributed by atoms with Gasteiger partial charge < -0.3 is 9.26 Å². The standard InChI is InChI=1S/C10H9FN2O2/c1-7-12-10(13-15-7)6-14-9-4-2-8(11)3-5-9/h2-5H,6H2,1H3. The molecule has 1 aromatic carbocycles. The van der Waals surface area contributed by atoms with E-state index in [1.54, 1.807) is 19.1 Å². The largest absolute Gasteiger partial charge is 0.485 e. The van der Waals surface area contributed by atoms with Gasteiger partial charge in [0, 0.05) is 6.92 Å². The summed E-state index contributed by atoms with van der Waals surface area (Å²) in [6, 6.07) is 5.75. The quantitative estimate of drug-likeness (QED) is 0.774. The molecule has 15 heavy (non-hydrogen) atoms. The van der Waals surface area contributed by atoms with Crippen LogP contribution in [0.25, 0.3) is 0 Å². The summed E-state index contributed by atoms with van der Waals surface area (Å²) in [7, 11) is 0. The molecule has 0 saturated heterocycles. The van der Waals surface area contributed by atoms with Crippen molar-refractivity contribution in [3.8, 4) is 5.75 Å². The first-order chi connectivity index (χ1) is 7.24. The summed E-state index contributed by atoms with van der Waals surface area (Å²) in [6.07, 6.45) is 0. The Morgan fingerprint density at radius 2 is 2.07 bits per heavy atom. The Kier molecular flexibility index (Phi) is 2.62. The Morgan fingerprint density at radius 3 is 2.67 bits per heavy atom. The highest BCUT2D eigenvalue weighted by molar-refractivity contribution is 5.22. The van der Waals surface area contributed by atoms with Gasteiger partial charge in [0.2, 0.25) is 11.7 Å². The molecule has 0 fully saturated rings. The smallest absolute Gasteiger partial charge is 0.223 e. The van der Waals surface area contributed by atoms with Gasteiger partial charge in [-0.05, 0) is 24.3 Å². The molecule has 0 N–H and O–H groups in total. The minimum absolute atomic E-state index is 0.211. The van der Waals surface area contributed by atoms with Crippen LogP contribution in [0, 0.1) is 12.7 Å². The molecule has 0 aliphatic carbocycles. The summed E-state index contributed by atoms with van der Waals surface area (Å²) in [5.74, 6) is 1.24. The summed E-state index contributed by atoms with van der Waals surface area (Å²) >= 11 is 0. The van der Waals surface area contributed by atoms with E-state index >= 15 is 0 Å². The van der Waals surface area contributed by atoms with Crippen molar-refractivity contribution in [2.75, 3.05) is 0 Å². The molecule has 0 amide bonds. The van der Waals surface area contributed by atoms with Crippen LogP contribution < -0.4 is 4.74 Å². The van der Waals surface area contributed by atoms with E-state index in [4.69, 9.17) is 9.26 Å².